The summed E-state index contributed by atoms with van der Waals surface area (Å²) in [6, 6.07) is 6.88. The van der Waals surface area contributed by atoms with Crippen LogP contribution in [0.15, 0.2) is 36.5 Å². The van der Waals surface area contributed by atoms with Gasteiger partial charge in [0.1, 0.15) is 27.3 Å². The number of hydrogen-bond donors (Lipinski definition) is 1. The van der Waals surface area contributed by atoms with Crippen molar-refractivity contribution in [2.24, 2.45) is 0 Å². The molecule has 10 heteroatoms. The van der Waals surface area contributed by atoms with E-state index < -0.39 is 11.6 Å². The molecule has 0 atom stereocenters. The number of benzene rings is 1. The highest BCUT2D eigenvalue weighted by Gasteiger charge is 2.20. The van der Waals surface area contributed by atoms with E-state index in [0.717, 1.165) is 23.1 Å². The Morgan fingerprint density at radius 3 is 2.73 bits per heavy atom. The van der Waals surface area contributed by atoms with Gasteiger partial charge in [-0.05, 0) is 44.2 Å². The Bertz CT molecular complexity index is 1250. The minimum Gasteiger partial charge on any atom is -0.306 e. The third-order valence-corrected chi connectivity index (χ3v) is 6.93. The van der Waals surface area contributed by atoms with Crippen LogP contribution in [0.3, 0.4) is 0 Å². The number of nitrogens with zero attached hydrogens (tertiary/aromatic N) is 3. The van der Waals surface area contributed by atoms with Crippen LogP contribution in [0, 0.1) is 25.5 Å². The number of carbonyl (C=O) groups is 1. The second-order valence-corrected chi connectivity index (χ2v) is 9.28. The van der Waals surface area contributed by atoms with Crippen LogP contribution in [0.5, 0.6) is 0 Å². The highest BCUT2D eigenvalue weighted by atomic mass is 35.5. The van der Waals surface area contributed by atoms with Crippen LogP contribution in [0.2, 0.25) is 4.34 Å². The van der Waals surface area contributed by atoms with Gasteiger partial charge in [-0.2, -0.15) is 5.10 Å². The third-order valence-electron chi connectivity index (χ3n) is 4.37. The van der Waals surface area contributed by atoms with Crippen molar-refractivity contribution in [1.82, 2.24) is 14.8 Å². The number of carbonyl (C=O) groups excluding carboxylic acids is 1. The number of rotatable bonds is 5. The Morgan fingerprint density at radius 1 is 1.20 bits per heavy atom. The number of aromatic nitrogens is 3. The number of anilines is 1. The van der Waals surface area contributed by atoms with E-state index in [1.54, 1.807) is 26.1 Å². The van der Waals surface area contributed by atoms with Gasteiger partial charge >= 0.3 is 0 Å². The largest absolute Gasteiger partial charge is 0.306 e. The fourth-order valence-electron chi connectivity index (χ4n) is 2.89. The van der Waals surface area contributed by atoms with Crippen molar-refractivity contribution in [2.75, 3.05) is 5.32 Å². The smallest absolute Gasteiger partial charge is 0.268 e. The fraction of sp³-hybridized carbons (Fsp3) is 0.150. The van der Waals surface area contributed by atoms with E-state index in [2.05, 4.69) is 15.4 Å². The van der Waals surface area contributed by atoms with Crippen LogP contribution in [-0.4, -0.2) is 20.7 Å². The number of thiophene rings is 1. The van der Waals surface area contributed by atoms with Crippen molar-refractivity contribution in [2.45, 2.75) is 20.4 Å². The van der Waals surface area contributed by atoms with Crippen molar-refractivity contribution in [3.05, 3.63) is 74.2 Å². The Labute approximate surface area is 184 Å². The van der Waals surface area contributed by atoms with Gasteiger partial charge < -0.3 is 5.32 Å². The molecule has 0 spiro atoms. The van der Waals surface area contributed by atoms with E-state index in [-0.39, 0.29) is 18.0 Å². The molecule has 1 N–H and O–H groups in total. The second kappa shape index (κ2) is 8.25. The molecule has 30 heavy (non-hydrogen) atoms. The average Bonchev–Trinajstić information content (AvgIpc) is 3.39. The molecular weight excluding hydrogens is 450 g/mol. The number of halogens is 3. The van der Waals surface area contributed by atoms with Gasteiger partial charge in [-0.15, -0.1) is 22.7 Å². The molecule has 0 radical (unpaired) electrons. The lowest BCUT2D eigenvalue weighted by Crippen LogP contribution is -2.17. The monoisotopic (exact) mass is 464 g/mol. The Balaban J connectivity index is 1.59. The lowest BCUT2D eigenvalue weighted by atomic mass is 10.2. The Morgan fingerprint density at radius 2 is 2.00 bits per heavy atom. The quantitative estimate of drug-likeness (QED) is 0.399. The molecule has 1 aromatic carbocycles. The van der Waals surface area contributed by atoms with E-state index in [9.17, 15) is 13.6 Å². The SMILES string of the molecule is Cc1cnn(Cc2cc(F)ccc2F)c1NC(=O)c1sc(-c2ccc(Cl)s2)nc1C. The van der Waals surface area contributed by atoms with Crippen molar-refractivity contribution < 1.29 is 13.6 Å². The third kappa shape index (κ3) is 4.14. The lowest BCUT2D eigenvalue weighted by molar-refractivity contribution is 0.102. The van der Waals surface area contributed by atoms with Gasteiger partial charge in [-0.25, -0.2) is 18.4 Å². The minimum atomic E-state index is -0.542. The van der Waals surface area contributed by atoms with Gasteiger partial charge in [0.25, 0.3) is 5.91 Å². The normalized spacial score (nSPS) is 11.1. The summed E-state index contributed by atoms with van der Waals surface area (Å²) in [5, 5.41) is 7.74. The number of aryl methyl sites for hydroxylation is 2. The van der Waals surface area contributed by atoms with Crippen LogP contribution in [0.4, 0.5) is 14.6 Å². The topological polar surface area (TPSA) is 59.8 Å². The summed E-state index contributed by atoms with van der Waals surface area (Å²) in [5.41, 5.74) is 1.43. The van der Waals surface area contributed by atoms with Crippen molar-refractivity contribution in [3.63, 3.8) is 0 Å². The highest BCUT2D eigenvalue weighted by molar-refractivity contribution is 7.24. The van der Waals surface area contributed by atoms with Crippen molar-refractivity contribution in [3.8, 4) is 9.88 Å². The molecule has 0 saturated heterocycles. The second-order valence-electron chi connectivity index (χ2n) is 6.56. The van der Waals surface area contributed by atoms with Crippen LogP contribution in [0.1, 0.15) is 26.5 Å². The molecule has 1 amide bonds. The van der Waals surface area contributed by atoms with E-state index in [4.69, 9.17) is 11.6 Å². The summed E-state index contributed by atoms with van der Waals surface area (Å²) in [7, 11) is 0. The molecule has 3 heterocycles. The maximum Gasteiger partial charge on any atom is 0.268 e. The standard InChI is InChI=1S/C20H15ClF2N4OS2/c1-10-8-24-27(9-12-7-13(22)3-4-14(12)23)18(10)26-19(28)17-11(2)25-20(30-17)15-5-6-16(21)29-15/h3-8H,9H2,1-2H3,(H,26,28). The van der Waals surface area contributed by atoms with Crippen LogP contribution in [-0.2, 0) is 6.54 Å². The molecule has 0 fully saturated rings. The molecule has 5 nitrogen and oxygen atoms in total. The summed E-state index contributed by atoms with van der Waals surface area (Å²) in [5.74, 6) is -1.01. The predicted molar refractivity (Wildman–Crippen MR) is 116 cm³/mol. The summed E-state index contributed by atoms with van der Waals surface area (Å²) in [6.07, 6.45) is 1.56. The zero-order chi connectivity index (χ0) is 21.4. The fourth-order valence-corrected chi connectivity index (χ4v) is 4.95. The van der Waals surface area contributed by atoms with Crippen LogP contribution < -0.4 is 5.32 Å². The molecule has 0 saturated carbocycles. The number of amides is 1. The summed E-state index contributed by atoms with van der Waals surface area (Å²) in [4.78, 5) is 18.7. The number of thiazole rings is 1. The summed E-state index contributed by atoms with van der Waals surface area (Å²) < 4.78 is 29.6. The zero-order valence-electron chi connectivity index (χ0n) is 15.9. The first-order chi connectivity index (χ1) is 14.3. The lowest BCUT2D eigenvalue weighted by Gasteiger charge is -2.11. The van der Waals surface area contributed by atoms with Crippen LogP contribution >= 0.6 is 34.3 Å². The first-order valence-corrected chi connectivity index (χ1v) is 10.8. The zero-order valence-corrected chi connectivity index (χ0v) is 18.3. The molecule has 154 valence electrons. The number of nitrogens with one attached hydrogen (secondary N) is 1. The molecule has 4 rings (SSSR count). The van der Waals surface area contributed by atoms with Gasteiger partial charge in [0.2, 0.25) is 0 Å². The summed E-state index contributed by atoms with van der Waals surface area (Å²) in [6.45, 7) is 3.52. The molecular formula is C20H15ClF2N4OS2. The van der Waals surface area contributed by atoms with Gasteiger partial charge in [0.05, 0.1) is 27.6 Å². The van der Waals surface area contributed by atoms with Gasteiger partial charge in [0, 0.05) is 11.1 Å². The molecule has 0 aliphatic heterocycles. The first kappa shape index (κ1) is 20.6. The van der Waals surface area contributed by atoms with E-state index in [0.29, 0.717) is 31.3 Å². The van der Waals surface area contributed by atoms with Crippen molar-refractivity contribution >= 4 is 46.0 Å². The van der Waals surface area contributed by atoms with Gasteiger partial charge in [-0.1, -0.05) is 11.6 Å². The van der Waals surface area contributed by atoms with Crippen LogP contribution in [0.25, 0.3) is 9.88 Å². The van der Waals surface area contributed by atoms with Crippen molar-refractivity contribution in [1.29, 1.82) is 0 Å². The minimum absolute atomic E-state index is 0.0202. The molecule has 3 aromatic heterocycles. The maximum absolute atomic E-state index is 14.0. The first-order valence-electron chi connectivity index (χ1n) is 8.82. The molecule has 0 bridgehead atoms. The molecule has 0 unspecified atom stereocenters. The molecule has 4 aromatic rings. The average molecular weight is 465 g/mol. The highest BCUT2D eigenvalue weighted by Crippen LogP contribution is 2.35. The van der Waals surface area contributed by atoms with Gasteiger partial charge in [-0.3, -0.25) is 4.79 Å². The maximum atomic E-state index is 14.0. The Hall–Kier alpha value is -2.62. The van der Waals surface area contributed by atoms with Gasteiger partial charge in [0.15, 0.2) is 0 Å². The Kier molecular flexibility index (Phi) is 5.68. The van der Waals surface area contributed by atoms with E-state index in [1.807, 2.05) is 6.07 Å². The number of hydrogen-bond acceptors (Lipinski definition) is 5. The molecule has 0 aliphatic carbocycles. The summed E-state index contributed by atoms with van der Waals surface area (Å²) >= 11 is 8.65. The molecule has 0 aliphatic rings. The predicted octanol–water partition coefficient (Wildman–Crippen LogP) is 5.92. The van der Waals surface area contributed by atoms with E-state index >= 15 is 0 Å². The van der Waals surface area contributed by atoms with E-state index in [1.165, 1.54) is 27.4 Å².